The molecular weight excluding hydrogens is 414 g/mol. The van der Waals surface area contributed by atoms with Gasteiger partial charge in [0.05, 0.1) is 12.1 Å². The van der Waals surface area contributed by atoms with Gasteiger partial charge in [0.1, 0.15) is 11.1 Å². The molecule has 144 valence electrons. The minimum absolute atomic E-state index is 0.0494. The number of hydrogen-bond acceptors (Lipinski definition) is 5. The highest BCUT2D eigenvalue weighted by Gasteiger charge is 2.27. The molecule has 0 saturated carbocycles. The predicted molar refractivity (Wildman–Crippen MR) is 116 cm³/mol. The minimum atomic E-state index is -0.329. The van der Waals surface area contributed by atoms with Crippen molar-refractivity contribution in [2.24, 2.45) is 0 Å². The van der Waals surface area contributed by atoms with Crippen molar-refractivity contribution >= 4 is 56.9 Å². The molecule has 0 aliphatic carbocycles. The Bertz CT molecular complexity index is 978. The van der Waals surface area contributed by atoms with E-state index in [0.29, 0.717) is 35.1 Å². The molecule has 8 heteroatoms. The second kappa shape index (κ2) is 9.28. The maximum absolute atomic E-state index is 12.3. The van der Waals surface area contributed by atoms with E-state index in [0.717, 1.165) is 21.8 Å². The zero-order valence-electron chi connectivity index (χ0n) is 15.2. The molecule has 0 fully saturated rings. The number of rotatable bonds is 4. The summed E-state index contributed by atoms with van der Waals surface area (Å²) in [5, 5.41) is 13.5. The van der Waals surface area contributed by atoms with Crippen LogP contribution in [0.4, 0.5) is 9.80 Å². The van der Waals surface area contributed by atoms with E-state index in [4.69, 9.17) is 11.6 Å². The number of fused-ring (bicyclic) bond motifs is 1. The molecule has 2 aromatic rings. The Labute approximate surface area is 177 Å². The molecule has 0 atom stereocenters. The normalized spacial score (nSPS) is 13.2. The maximum Gasteiger partial charge on any atom is 0.281 e. The van der Waals surface area contributed by atoms with E-state index in [2.05, 4.69) is 11.4 Å². The second-order valence-electron chi connectivity index (χ2n) is 6.03. The summed E-state index contributed by atoms with van der Waals surface area (Å²) in [6.07, 6.45) is 3.66. The Balaban J connectivity index is 1.75. The number of nitrogens with one attached hydrogen (secondary N) is 1. The molecule has 28 heavy (non-hydrogen) atoms. The van der Waals surface area contributed by atoms with Gasteiger partial charge in [-0.25, -0.2) is 0 Å². The Morgan fingerprint density at radius 3 is 2.93 bits per heavy atom. The van der Waals surface area contributed by atoms with Crippen molar-refractivity contribution in [3.05, 3.63) is 56.9 Å². The molecule has 2 heterocycles. The number of halogens is 1. The van der Waals surface area contributed by atoms with Crippen LogP contribution in [0.1, 0.15) is 28.5 Å². The molecule has 1 N–H and O–H groups in total. The summed E-state index contributed by atoms with van der Waals surface area (Å²) in [4.78, 5) is 27.2. The van der Waals surface area contributed by atoms with Crippen molar-refractivity contribution in [2.45, 2.75) is 19.9 Å². The lowest BCUT2D eigenvalue weighted by Crippen LogP contribution is -2.32. The van der Waals surface area contributed by atoms with E-state index in [1.54, 1.807) is 17.0 Å². The van der Waals surface area contributed by atoms with Gasteiger partial charge in [0.25, 0.3) is 5.24 Å². The number of anilines is 1. The zero-order chi connectivity index (χ0) is 20.1. The van der Waals surface area contributed by atoms with Crippen LogP contribution in [0.3, 0.4) is 0 Å². The Morgan fingerprint density at radius 2 is 2.21 bits per heavy atom. The van der Waals surface area contributed by atoms with Crippen LogP contribution in [0.25, 0.3) is 6.08 Å². The average molecular weight is 432 g/mol. The molecule has 0 unspecified atom stereocenters. The first-order chi connectivity index (χ1) is 13.5. The van der Waals surface area contributed by atoms with Gasteiger partial charge < -0.3 is 10.2 Å². The first-order valence-electron chi connectivity index (χ1n) is 8.73. The number of thiophene rings is 1. The van der Waals surface area contributed by atoms with Crippen molar-refractivity contribution in [1.82, 2.24) is 4.90 Å². The smallest absolute Gasteiger partial charge is 0.281 e. The predicted octanol–water partition coefficient (Wildman–Crippen LogP) is 5.16. The summed E-state index contributed by atoms with van der Waals surface area (Å²) in [6.45, 7) is 3.01. The Morgan fingerprint density at radius 1 is 1.43 bits per heavy atom. The lowest BCUT2D eigenvalue weighted by Gasteiger charge is -2.26. The zero-order valence-corrected chi connectivity index (χ0v) is 17.6. The van der Waals surface area contributed by atoms with Gasteiger partial charge in [0, 0.05) is 22.5 Å². The fourth-order valence-corrected chi connectivity index (χ4v) is 4.91. The minimum Gasteiger partial charge on any atom is -0.328 e. The summed E-state index contributed by atoms with van der Waals surface area (Å²) < 4.78 is 0. The maximum atomic E-state index is 12.3. The highest BCUT2D eigenvalue weighted by atomic mass is 35.5. The number of amides is 2. The number of thioether (sulfide) groups is 1. The highest BCUT2D eigenvalue weighted by Crippen LogP contribution is 2.37. The summed E-state index contributed by atoms with van der Waals surface area (Å²) in [5.41, 5.74) is 2.17. The third-order valence-electron chi connectivity index (χ3n) is 4.25. The SMILES string of the molecule is CCSC(=O)N1CCc2c(sc(NC(=O)/C=C/c3ccccc3Cl)c2C#N)C1. The molecule has 5 nitrogen and oxygen atoms in total. The summed E-state index contributed by atoms with van der Waals surface area (Å²) >= 11 is 8.73. The molecule has 1 aromatic heterocycles. The van der Waals surface area contributed by atoms with Crippen molar-refractivity contribution < 1.29 is 9.59 Å². The molecule has 0 saturated heterocycles. The molecule has 3 rings (SSSR count). The van der Waals surface area contributed by atoms with Gasteiger partial charge in [0.15, 0.2) is 0 Å². The third kappa shape index (κ3) is 4.58. The van der Waals surface area contributed by atoms with E-state index < -0.39 is 0 Å². The van der Waals surface area contributed by atoms with Crippen LogP contribution in [-0.4, -0.2) is 28.3 Å². The van der Waals surface area contributed by atoms with Crippen LogP contribution in [0, 0.1) is 11.3 Å². The molecule has 2 amide bonds. The summed E-state index contributed by atoms with van der Waals surface area (Å²) in [7, 11) is 0. The van der Waals surface area contributed by atoms with Crippen molar-refractivity contribution in [3.8, 4) is 6.07 Å². The van der Waals surface area contributed by atoms with Gasteiger partial charge in [-0.2, -0.15) is 5.26 Å². The number of nitriles is 1. The van der Waals surface area contributed by atoms with E-state index in [9.17, 15) is 14.9 Å². The molecule has 0 radical (unpaired) electrons. The average Bonchev–Trinajstić information content (AvgIpc) is 3.03. The van der Waals surface area contributed by atoms with Crippen LogP contribution in [0.5, 0.6) is 0 Å². The van der Waals surface area contributed by atoms with Crippen molar-refractivity contribution in [2.75, 3.05) is 17.6 Å². The molecule has 0 spiro atoms. The number of nitrogens with zero attached hydrogens (tertiary/aromatic N) is 2. The summed E-state index contributed by atoms with van der Waals surface area (Å²) in [6, 6.07) is 9.44. The summed E-state index contributed by atoms with van der Waals surface area (Å²) in [5.74, 6) is 0.402. The lowest BCUT2D eigenvalue weighted by atomic mass is 10.0. The van der Waals surface area contributed by atoms with E-state index in [1.165, 1.54) is 29.2 Å². The van der Waals surface area contributed by atoms with E-state index in [1.807, 2.05) is 25.1 Å². The van der Waals surface area contributed by atoms with E-state index >= 15 is 0 Å². The lowest BCUT2D eigenvalue weighted by molar-refractivity contribution is -0.111. The Kier molecular flexibility index (Phi) is 6.79. The molecular formula is C20H18ClN3O2S2. The number of carbonyl (C=O) groups excluding carboxylic acids is 2. The van der Waals surface area contributed by atoms with Crippen molar-refractivity contribution in [1.29, 1.82) is 5.26 Å². The fourth-order valence-electron chi connectivity index (χ4n) is 2.91. The quantitative estimate of drug-likeness (QED) is 0.679. The van der Waals surface area contributed by atoms with Crippen LogP contribution in [-0.2, 0) is 17.8 Å². The van der Waals surface area contributed by atoms with Gasteiger partial charge in [-0.05, 0) is 35.4 Å². The first kappa shape index (κ1) is 20.5. The topological polar surface area (TPSA) is 73.2 Å². The highest BCUT2D eigenvalue weighted by molar-refractivity contribution is 8.13. The van der Waals surface area contributed by atoms with Crippen molar-refractivity contribution in [3.63, 3.8) is 0 Å². The molecule has 1 aliphatic rings. The number of carbonyl (C=O) groups is 2. The van der Waals surface area contributed by atoms with Crippen LogP contribution < -0.4 is 5.32 Å². The first-order valence-corrected chi connectivity index (χ1v) is 10.9. The fraction of sp³-hybridized carbons (Fsp3) is 0.250. The van der Waals surface area contributed by atoms with Gasteiger partial charge in [-0.1, -0.05) is 48.5 Å². The van der Waals surface area contributed by atoms with Gasteiger partial charge in [-0.15, -0.1) is 11.3 Å². The monoisotopic (exact) mass is 431 g/mol. The van der Waals surface area contributed by atoms with Crippen LogP contribution in [0.2, 0.25) is 5.02 Å². The van der Waals surface area contributed by atoms with Gasteiger partial charge in [-0.3, -0.25) is 9.59 Å². The molecule has 1 aromatic carbocycles. The van der Waals surface area contributed by atoms with Crippen LogP contribution >= 0.6 is 34.7 Å². The second-order valence-corrected chi connectivity index (χ2v) is 8.76. The van der Waals surface area contributed by atoms with Gasteiger partial charge in [0.2, 0.25) is 5.91 Å². The largest absolute Gasteiger partial charge is 0.328 e. The standard InChI is InChI=1S/C20H18ClN3O2S2/c1-2-27-20(26)24-10-9-14-15(11-22)19(28-17(14)12-24)23-18(25)8-7-13-5-3-4-6-16(13)21/h3-8H,2,9-10,12H2,1H3,(H,23,25)/b8-7+. The Hall–Kier alpha value is -2.27. The van der Waals surface area contributed by atoms with Gasteiger partial charge >= 0.3 is 0 Å². The molecule has 0 bridgehead atoms. The molecule has 1 aliphatic heterocycles. The van der Waals surface area contributed by atoms with E-state index in [-0.39, 0.29) is 11.1 Å². The number of benzene rings is 1. The van der Waals surface area contributed by atoms with Crippen LogP contribution in [0.15, 0.2) is 30.3 Å². The third-order valence-corrected chi connectivity index (χ3v) is 6.52. The number of hydrogen-bond donors (Lipinski definition) is 1.